The van der Waals surface area contributed by atoms with Gasteiger partial charge in [-0.1, -0.05) is 309 Å². The molecule has 19 heteroatoms. The fraction of sp³-hybridized carbons (Fsp3) is 0.782. The molecule has 0 radical (unpaired) electrons. The van der Waals surface area contributed by atoms with Crippen LogP contribution in [0.3, 0.4) is 0 Å². The van der Waals surface area contributed by atoms with E-state index < -0.39 is 124 Å². The Hall–Kier alpha value is -3.55. The standard InChI is InChI=1S/C87H151NO18/c1-3-5-7-9-11-13-15-17-19-21-23-25-27-29-31-33-35-37-39-41-43-45-47-49-51-53-55-57-59-61-63-65-75(93)88-70(71(92)64-62-60-58-56-54-52-50-48-46-44-42-40-38-36-34-32-30-28-26-24-22-20-18-16-14-12-10-8-6-4-2)69-101-85-81(99)78(96)83(73(67-90)103-85)106-87-82(100)79(97)84(74(68-91)104-87)105-86-80(98)77(95)76(94)72(66-89)102-86/h5,7,11,13,17,19,23,25,29,31,35,37,46,48,54,56,62,64,70-74,76-87,89-92,94-100H,3-4,6,8-10,12,14-16,18,20-22,24,26-28,30,32-34,36,38-45,47,49-53,55,57-61,63,65-69H2,1-2H3,(H,88,93)/b7-5-,13-11-,19-17-,25-23-,31-29-,37-35-,48-46+,56-54+,64-62+. The number of rotatable bonds is 66. The second-order valence-electron chi connectivity index (χ2n) is 29.5. The number of aliphatic hydroxyl groups excluding tert-OH is 11. The van der Waals surface area contributed by atoms with Gasteiger partial charge in [-0.25, -0.2) is 0 Å². The molecule has 0 bridgehead atoms. The molecule has 3 fully saturated rings. The molecule has 3 rings (SSSR count). The lowest BCUT2D eigenvalue weighted by atomic mass is 9.96. The van der Waals surface area contributed by atoms with Crippen molar-refractivity contribution in [2.75, 3.05) is 26.4 Å². The Balaban J connectivity index is 1.38. The molecular formula is C87H151NO18. The maximum atomic E-state index is 13.5. The number of aliphatic hydroxyl groups is 11. The van der Waals surface area contributed by atoms with Gasteiger partial charge in [0, 0.05) is 6.42 Å². The number of ether oxygens (including phenoxy) is 6. The SMILES string of the molecule is CC/C=C\C/C=C\C/C=C\C/C=C\C/C=C\C/C=C\CCCCCCCCCCCCCCC(=O)NC(COC1OC(CO)C(OC2OC(CO)C(OC3OC(CO)C(O)C(O)C3O)C(O)C2O)C(O)C1O)C(O)/C=C/CC/C=C/CC/C=C/CCCCCCCCCCCCCCCCCCCCCC. The molecule has 612 valence electrons. The van der Waals surface area contributed by atoms with E-state index in [2.05, 4.69) is 116 Å². The molecule has 0 aromatic rings. The average Bonchev–Trinajstić information content (AvgIpc) is 0.780. The molecular weight excluding hydrogens is 1350 g/mol. The quantitative estimate of drug-likeness (QED) is 0.0199. The van der Waals surface area contributed by atoms with Gasteiger partial charge in [-0.3, -0.25) is 4.79 Å². The van der Waals surface area contributed by atoms with Crippen LogP contribution in [0.1, 0.15) is 303 Å². The molecule has 3 heterocycles. The summed E-state index contributed by atoms with van der Waals surface area (Å²) in [7, 11) is 0. The van der Waals surface area contributed by atoms with Crippen molar-refractivity contribution in [3.8, 4) is 0 Å². The lowest BCUT2D eigenvalue weighted by Gasteiger charge is -2.48. The zero-order valence-corrected chi connectivity index (χ0v) is 65.6. The summed E-state index contributed by atoms with van der Waals surface area (Å²) in [5, 5.41) is 121. The maximum absolute atomic E-state index is 13.5. The first-order valence-electron chi connectivity index (χ1n) is 42.1. The van der Waals surface area contributed by atoms with Crippen molar-refractivity contribution in [2.24, 2.45) is 0 Å². The minimum Gasteiger partial charge on any atom is -0.394 e. The molecule has 17 unspecified atom stereocenters. The second kappa shape index (κ2) is 66.1. The lowest BCUT2D eigenvalue weighted by molar-refractivity contribution is -0.379. The highest BCUT2D eigenvalue weighted by Gasteiger charge is 2.54. The zero-order chi connectivity index (χ0) is 76.7. The van der Waals surface area contributed by atoms with Gasteiger partial charge in [-0.15, -0.1) is 0 Å². The van der Waals surface area contributed by atoms with Crippen molar-refractivity contribution < 1.29 is 89.4 Å². The van der Waals surface area contributed by atoms with Gasteiger partial charge in [0.2, 0.25) is 5.91 Å². The molecule has 19 nitrogen and oxygen atoms in total. The minimum absolute atomic E-state index is 0.223. The van der Waals surface area contributed by atoms with Crippen molar-refractivity contribution in [3.05, 3.63) is 109 Å². The van der Waals surface area contributed by atoms with Crippen LogP contribution in [0.15, 0.2) is 109 Å². The molecule has 106 heavy (non-hydrogen) atoms. The van der Waals surface area contributed by atoms with E-state index in [1.165, 1.54) is 173 Å². The van der Waals surface area contributed by atoms with Crippen LogP contribution in [0.25, 0.3) is 0 Å². The van der Waals surface area contributed by atoms with E-state index in [1.807, 2.05) is 6.08 Å². The number of hydrogen-bond donors (Lipinski definition) is 12. The molecule has 3 aliphatic heterocycles. The molecule has 0 aromatic carbocycles. The van der Waals surface area contributed by atoms with Crippen molar-refractivity contribution in [1.82, 2.24) is 5.32 Å². The van der Waals surface area contributed by atoms with Crippen LogP contribution in [-0.4, -0.2) is 193 Å². The Morgan fingerprint density at radius 2 is 0.660 bits per heavy atom. The Labute approximate surface area is 640 Å². The maximum Gasteiger partial charge on any atom is 0.220 e. The lowest BCUT2D eigenvalue weighted by Crippen LogP contribution is -2.66. The first kappa shape index (κ1) is 96.6. The molecule has 17 atom stereocenters. The van der Waals surface area contributed by atoms with E-state index >= 15 is 0 Å². The average molecular weight is 1500 g/mol. The van der Waals surface area contributed by atoms with Gasteiger partial charge in [0.15, 0.2) is 18.9 Å². The first-order chi connectivity index (χ1) is 51.8. The molecule has 0 saturated carbocycles. The van der Waals surface area contributed by atoms with Crippen LogP contribution >= 0.6 is 0 Å². The Kier molecular flexibility index (Phi) is 60.3. The van der Waals surface area contributed by atoms with Crippen molar-refractivity contribution in [2.45, 2.75) is 407 Å². The van der Waals surface area contributed by atoms with Crippen LogP contribution in [-0.2, 0) is 33.2 Å². The first-order valence-corrected chi connectivity index (χ1v) is 42.1. The van der Waals surface area contributed by atoms with Crippen molar-refractivity contribution >= 4 is 5.91 Å². The topological polar surface area (TPSA) is 307 Å². The molecule has 0 aliphatic carbocycles. The number of carbonyl (C=O) groups is 1. The van der Waals surface area contributed by atoms with Gasteiger partial charge >= 0.3 is 0 Å². The normalized spacial score (nSPS) is 26.2. The fourth-order valence-corrected chi connectivity index (χ4v) is 13.6. The van der Waals surface area contributed by atoms with E-state index in [9.17, 15) is 61.0 Å². The fourth-order valence-electron chi connectivity index (χ4n) is 13.6. The monoisotopic (exact) mass is 1500 g/mol. The molecule has 1 amide bonds. The highest BCUT2D eigenvalue weighted by molar-refractivity contribution is 5.76. The number of carbonyl (C=O) groups excluding carboxylic acids is 1. The summed E-state index contributed by atoms with van der Waals surface area (Å²) < 4.78 is 34.5. The van der Waals surface area contributed by atoms with E-state index in [-0.39, 0.29) is 18.9 Å². The van der Waals surface area contributed by atoms with Gasteiger partial charge in [0.05, 0.1) is 38.6 Å². The predicted molar refractivity (Wildman–Crippen MR) is 424 cm³/mol. The summed E-state index contributed by atoms with van der Waals surface area (Å²) in [6.07, 6.45) is 65.1. The van der Waals surface area contributed by atoms with E-state index in [0.717, 1.165) is 96.3 Å². The van der Waals surface area contributed by atoms with Gasteiger partial charge in [0.1, 0.15) is 73.2 Å². The van der Waals surface area contributed by atoms with Gasteiger partial charge < -0.3 is 89.9 Å². The third-order valence-electron chi connectivity index (χ3n) is 20.3. The van der Waals surface area contributed by atoms with Gasteiger partial charge in [0.25, 0.3) is 0 Å². The summed E-state index contributed by atoms with van der Waals surface area (Å²) in [4.78, 5) is 13.5. The highest BCUT2D eigenvalue weighted by atomic mass is 16.8. The number of amides is 1. The van der Waals surface area contributed by atoms with E-state index in [4.69, 9.17) is 28.4 Å². The van der Waals surface area contributed by atoms with Crippen molar-refractivity contribution in [3.63, 3.8) is 0 Å². The smallest absolute Gasteiger partial charge is 0.220 e. The van der Waals surface area contributed by atoms with Crippen LogP contribution in [0.4, 0.5) is 0 Å². The third kappa shape index (κ3) is 45.1. The number of nitrogens with one attached hydrogen (secondary N) is 1. The minimum atomic E-state index is -1.99. The predicted octanol–water partition coefficient (Wildman–Crippen LogP) is 14.9. The summed E-state index contributed by atoms with van der Waals surface area (Å²) in [5.74, 6) is -0.293. The number of unbranched alkanes of at least 4 members (excludes halogenated alkanes) is 34. The summed E-state index contributed by atoms with van der Waals surface area (Å²) >= 11 is 0. The number of hydrogen-bond acceptors (Lipinski definition) is 18. The van der Waals surface area contributed by atoms with Gasteiger partial charge in [-0.2, -0.15) is 0 Å². The number of allylic oxidation sites excluding steroid dienone is 17. The molecule has 3 aliphatic rings. The van der Waals surface area contributed by atoms with Crippen molar-refractivity contribution in [1.29, 1.82) is 0 Å². The Morgan fingerprint density at radius 1 is 0.349 bits per heavy atom. The zero-order valence-electron chi connectivity index (χ0n) is 65.6. The van der Waals surface area contributed by atoms with Crippen LogP contribution < -0.4 is 5.32 Å². The third-order valence-corrected chi connectivity index (χ3v) is 20.3. The largest absolute Gasteiger partial charge is 0.394 e. The Morgan fingerprint density at radius 3 is 1.06 bits per heavy atom. The molecule has 12 N–H and O–H groups in total. The van der Waals surface area contributed by atoms with E-state index in [0.29, 0.717) is 12.8 Å². The van der Waals surface area contributed by atoms with Crippen LogP contribution in [0.2, 0.25) is 0 Å². The molecule has 0 aromatic heterocycles. The van der Waals surface area contributed by atoms with E-state index in [1.54, 1.807) is 6.08 Å². The second-order valence-corrected chi connectivity index (χ2v) is 29.5. The van der Waals surface area contributed by atoms with Crippen LogP contribution in [0.5, 0.6) is 0 Å². The highest BCUT2D eigenvalue weighted by Crippen LogP contribution is 2.33. The Bertz CT molecular complexity index is 2340. The molecule has 3 saturated heterocycles. The molecule has 0 spiro atoms. The van der Waals surface area contributed by atoms with Gasteiger partial charge in [-0.05, 0) is 96.3 Å². The van der Waals surface area contributed by atoms with Crippen LogP contribution in [0, 0.1) is 0 Å². The summed E-state index contributed by atoms with van der Waals surface area (Å²) in [5.41, 5.74) is 0. The summed E-state index contributed by atoms with van der Waals surface area (Å²) in [6.45, 7) is 1.62. The summed E-state index contributed by atoms with van der Waals surface area (Å²) in [6, 6.07) is -1.01.